The fraction of sp³-hybridized carbons (Fsp3) is 0.514. The van der Waals surface area contributed by atoms with Gasteiger partial charge in [-0.15, -0.1) is 0 Å². The molecular weight excluding hydrogens is 750 g/mol. The van der Waals surface area contributed by atoms with Crippen molar-refractivity contribution in [2.45, 2.75) is 88.5 Å². The number of allylic oxidation sites excluding steroid dienone is 1. The van der Waals surface area contributed by atoms with Gasteiger partial charge < -0.3 is 19.6 Å². The second-order valence-electron chi connectivity index (χ2n) is 14.6. The lowest BCUT2D eigenvalue weighted by molar-refractivity contribution is -0.193. The fourth-order valence-electron chi connectivity index (χ4n) is 7.99. The number of aliphatic imine (C=N–C) groups is 1. The molecule has 7 rings (SSSR count). The molecule has 0 bridgehead atoms. The minimum atomic E-state index is -5.05. The first-order chi connectivity index (χ1) is 24.4. The zero-order valence-electron chi connectivity index (χ0n) is 28.6. The summed E-state index contributed by atoms with van der Waals surface area (Å²) in [5, 5.41) is 0.653. The summed E-state index contributed by atoms with van der Waals surface area (Å²) in [7, 11) is 0. The van der Waals surface area contributed by atoms with Crippen molar-refractivity contribution < 1.29 is 36.3 Å². The largest absolute Gasteiger partial charge is 0.471 e. The Labute approximate surface area is 311 Å². The molecule has 2 saturated heterocycles. The Bertz CT molecular complexity index is 1910. The zero-order chi connectivity index (χ0) is 37.7. The summed E-state index contributed by atoms with van der Waals surface area (Å²) in [6, 6.07) is 5.19. The van der Waals surface area contributed by atoms with Crippen molar-refractivity contribution in [3.63, 3.8) is 0 Å². The number of pyridine rings is 1. The molecule has 5 aliphatic rings. The molecule has 1 aliphatic carbocycles. The van der Waals surface area contributed by atoms with Crippen LogP contribution in [0.25, 0.3) is 0 Å². The van der Waals surface area contributed by atoms with E-state index in [0.29, 0.717) is 34.8 Å². The van der Waals surface area contributed by atoms with Crippen LogP contribution in [0.2, 0.25) is 10.2 Å². The lowest BCUT2D eigenvalue weighted by atomic mass is 9.81. The van der Waals surface area contributed by atoms with Gasteiger partial charge in [-0.3, -0.25) is 14.4 Å². The van der Waals surface area contributed by atoms with Gasteiger partial charge in [0, 0.05) is 43.0 Å². The van der Waals surface area contributed by atoms with Crippen molar-refractivity contribution in [3.05, 3.63) is 74.3 Å². The van der Waals surface area contributed by atoms with Crippen molar-refractivity contribution in [1.29, 1.82) is 0 Å². The quantitative estimate of drug-likeness (QED) is 0.243. The molecular formula is C35H35Cl2F5N6O3S. The predicted octanol–water partition coefficient (Wildman–Crippen LogP) is 6.86. The number of carbonyl (C=O) groups is 3. The summed E-state index contributed by atoms with van der Waals surface area (Å²) >= 11 is 13.3. The third kappa shape index (κ3) is 6.04. The molecule has 52 heavy (non-hydrogen) atoms. The van der Waals surface area contributed by atoms with Crippen LogP contribution < -0.4 is 0 Å². The molecule has 0 radical (unpaired) electrons. The van der Waals surface area contributed by atoms with Gasteiger partial charge in [-0.2, -0.15) is 13.2 Å². The molecule has 1 aromatic heterocycles. The Hall–Kier alpha value is -3.43. The van der Waals surface area contributed by atoms with Crippen LogP contribution >= 0.6 is 35.0 Å². The Morgan fingerprint density at radius 2 is 1.77 bits per heavy atom. The molecule has 3 amide bonds. The van der Waals surface area contributed by atoms with Gasteiger partial charge in [0.15, 0.2) is 5.17 Å². The Morgan fingerprint density at radius 1 is 1.06 bits per heavy atom. The second-order valence-corrected chi connectivity index (χ2v) is 16.4. The van der Waals surface area contributed by atoms with Crippen molar-refractivity contribution in [2.75, 3.05) is 19.6 Å². The van der Waals surface area contributed by atoms with Gasteiger partial charge in [-0.05, 0) is 68.1 Å². The standard InChI is InChI=1S/C35H35Cl2F5N6O3S/c1-17(2)26-27(52-32-44-33(4,20-6-8-25(37)43-13-20)28(48(26)32)19-5-7-22(36)23(39)11-19)30(50)45-15-21(38)12-24(45)29(49)46-16-34(9-10-34)47(14-18(46)3)31(51)35(40,41)42/h5-8,11,13,17-18,21,24,28H,9-10,12,14-16H2,1-4H3/t18-,21+,24-,28+,33-/m0/s1. The van der Waals surface area contributed by atoms with Crippen LogP contribution in [0, 0.1) is 11.7 Å². The molecule has 5 atom stereocenters. The van der Waals surface area contributed by atoms with Crippen molar-refractivity contribution in [3.8, 4) is 0 Å². The number of fused-ring (bicyclic) bond motifs is 1. The van der Waals surface area contributed by atoms with Crippen LogP contribution in [0.4, 0.5) is 22.0 Å². The number of hydrogen-bond acceptors (Lipinski definition) is 7. The first-order valence-electron chi connectivity index (χ1n) is 16.9. The minimum absolute atomic E-state index is 0.0650. The molecule has 17 heteroatoms. The van der Waals surface area contributed by atoms with Gasteiger partial charge in [0.05, 0.1) is 23.1 Å². The number of thioether (sulfide) groups is 1. The monoisotopic (exact) mass is 784 g/mol. The fourth-order valence-corrected chi connectivity index (χ4v) is 9.58. The first kappa shape index (κ1) is 36.9. The molecule has 1 spiro atoms. The summed E-state index contributed by atoms with van der Waals surface area (Å²) in [4.78, 5) is 55.9. The van der Waals surface area contributed by atoms with E-state index in [-0.39, 0.29) is 47.1 Å². The summed E-state index contributed by atoms with van der Waals surface area (Å²) in [6.45, 7) is 6.36. The number of piperazine rings is 1. The maximum atomic E-state index is 15.3. The van der Waals surface area contributed by atoms with E-state index in [1.54, 1.807) is 31.3 Å². The van der Waals surface area contributed by atoms with E-state index in [1.807, 2.05) is 25.7 Å². The maximum absolute atomic E-state index is 15.3. The molecule has 3 fully saturated rings. The van der Waals surface area contributed by atoms with E-state index >= 15 is 8.78 Å². The van der Waals surface area contributed by atoms with E-state index in [1.165, 1.54) is 21.9 Å². The number of nitrogens with zero attached hydrogens (tertiary/aromatic N) is 6. The Balaban J connectivity index is 1.22. The van der Waals surface area contributed by atoms with E-state index in [4.69, 9.17) is 28.2 Å². The number of amidine groups is 1. The lowest BCUT2D eigenvalue weighted by Gasteiger charge is -2.47. The highest BCUT2D eigenvalue weighted by atomic mass is 35.5. The number of alkyl halides is 4. The van der Waals surface area contributed by atoms with Gasteiger partial charge in [-0.25, -0.2) is 18.8 Å². The topological polar surface area (TPSA) is 89.4 Å². The summed E-state index contributed by atoms with van der Waals surface area (Å²) in [5.74, 6) is -4.03. The molecule has 2 aromatic rings. The van der Waals surface area contributed by atoms with Gasteiger partial charge in [0.1, 0.15) is 33.6 Å². The first-order valence-corrected chi connectivity index (χ1v) is 18.5. The highest BCUT2D eigenvalue weighted by Crippen LogP contribution is 2.56. The molecule has 1 saturated carbocycles. The molecule has 278 valence electrons. The molecule has 1 aromatic carbocycles. The second kappa shape index (κ2) is 12.9. The van der Waals surface area contributed by atoms with Gasteiger partial charge in [0.2, 0.25) is 5.91 Å². The summed E-state index contributed by atoms with van der Waals surface area (Å²) in [5.41, 5.74) is -0.416. The van der Waals surface area contributed by atoms with E-state index in [2.05, 4.69) is 4.98 Å². The van der Waals surface area contributed by atoms with Gasteiger partial charge >= 0.3 is 12.1 Å². The van der Waals surface area contributed by atoms with Crippen molar-refractivity contribution >= 4 is 57.9 Å². The van der Waals surface area contributed by atoms with Crippen molar-refractivity contribution in [1.82, 2.24) is 24.6 Å². The molecule has 0 unspecified atom stereocenters. The third-order valence-corrected chi connectivity index (χ3v) is 12.3. The normalized spacial score (nSPS) is 28.3. The zero-order valence-corrected chi connectivity index (χ0v) is 30.9. The average molecular weight is 786 g/mol. The van der Waals surface area contributed by atoms with E-state index in [9.17, 15) is 27.6 Å². The third-order valence-electron chi connectivity index (χ3n) is 10.7. The van der Waals surface area contributed by atoms with Crippen LogP contribution in [-0.2, 0) is 19.9 Å². The molecule has 9 nitrogen and oxygen atoms in total. The van der Waals surface area contributed by atoms with E-state index < -0.39 is 65.1 Å². The highest BCUT2D eigenvalue weighted by Gasteiger charge is 2.61. The average Bonchev–Trinajstić information content (AvgIpc) is 3.43. The van der Waals surface area contributed by atoms with Gasteiger partial charge in [-0.1, -0.05) is 49.2 Å². The number of hydrogen-bond donors (Lipinski definition) is 0. The smallest absolute Gasteiger partial charge is 0.334 e. The molecule has 0 N–H and O–H groups in total. The van der Waals surface area contributed by atoms with Crippen molar-refractivity contribution in [2.24, 2.45) is 10.9 Å². The van der Waals surface area contributed by atoms with Gasteiger partial charge in [0.25, 0.3) is 5.91 Å². The SMILES string of the molecule is CC(C)C1=C(C(=O)N2C[C@H](F)C[C@H]2C(=O)N2CC3(CC3)N(C(=O)C(F)(F)F)C[C@@H]2C)SC2=N[C@@](C)(c3ccc(Cl)nc3)[C@@H](c3ccc(Cl)c(F)c3)N21. The summed E-state index contributed by atoms with van der Waals surface area (Å²) < 4.78 is 70.6. The van der Waals surface area contributed by atoms with Crippen LogP contribution in [-0.4, -0.2) is 97.1 Å². The molecule has 4 aliphatic heterocycles. The van der Waals surface area contributed by atoms with Crippen LogP contribution in [0.15, 0.2) is 52.1 Å². The number of rotatable bonds is 5. The number of benzene rings is 1. The number of aromatic nitrogens is 1. The summed E-state index contributed by atoms with van der Waals surface area (Å²) in [6.07, 6.45) is -4.66. The highest BCUT2D eigenvalue weighted by molar-refractivity contribution is 8.18. The van der Waals surface area contributed by atoms with Crippen LogP contribution in [0.1, 0.15) is 64.1 Å². The number of likely N-dealkylation sites (tertiary alicyclic amines) is 1. The number of amides is 3. The Morgan fingerprint density at radius 3 is 2.37 bits per heavy atom. The number of halogens is 7. The van der Waals surface area contributed by atoms with Crippen LogP contribution in [0.5, 0.6) is 0 Å². The lowest BCUT2D eigenvalue weighted by Crippen LogP contribution is -2.65. The van der Waals surface area contributed by atoms with Crippen LogP contribution in [0.3, 0.4) is 0 Å². The van der Waals surface area contributed by atoms with E-state index in [0.717, 1.165) is 16.7 Å². The molecule has 5 heterocycles. The minimum Gasteiger partial charge on any atom is -0.334 e. The maximum Gasteiger partial charge on any atom is 0.471 e. The predicted molar refractivity (Wildman–Crippen MR) is 185 cm³/mol. The number of carbonyl (C=O) groups excluding carboxylic acids is 3. The Kier molecular flexibility index (Phi) is 9.13.